The van der Waals surface area contributed by atoms with E-state index in [1.54, 1.807) is 32.2 Å². The van der Waals surface area contributed by atoms with Crippen LogP contribution in [0.4, 0.5) is 15.8 Å². The van der Waals surface area contributed by atoms with Gasteiger partial charge >= 0.3 is 0 Å². The number of fused-ring (bicyclic) bond motifs is 1. The van der Waals surface area contributed by atoms with Gasteiger partial charge in [0.15, 0.2) is 5.84 Å². The van der Waals surface area contributed by atoms with Crippen molar-refractivity contribution >= 4 is 41.1 Å². The maximum atomic E-state index is 15.0. The number of aliphatic hydroxyl groups is 1. The van der Waals surface area contributed by atoms with E-state index in [1.807, 2.05) is 6.92 Å². The van der Waals surface area contributed by atoms with Gasteiger partial charge in [-0.3, -0.25) is 19.5 Å². The van der Waals surface area contributed by atoms with E-state index < -0.39 is 12.4 Å². The lowest BCUT2D eigenvalue weighted by atomic mass is 9.97. The number of amides is 2. The first-order valence-corrected chi connectivity index (χ1v) is 11.6. The van der Waals surface area contributed by atoms with Gasteiger partial charge < -0.3 is 14.7 Å². The largest absolute Gasteiger partial charge is 0.480 e. The minimum Gasteiger partial charge on any atom is -0.480 e. The number of hydrogen-bond acceptors (Lipinski definition) is 7. The second-order valence-electron chi connectivity index (χ2n) is 7.78. The molecule has 11 heteroatoms. The van der Waals surface area contributed by atoms with Gasteiger partial charge in [-0.05, 0) is 50.5 Å². The fourth-order valence-electron chi connectivity index (χ4n) is 3.70. The summed E-state index contributed by atoms with van der Waals surface area (Å²) in [6.45, 7) is 8.89. The Labute approximate surface area is 215 Å². The summed E-state index contributed by atoms with van der Waals surface area (Å²) in [5, 5.41) is 15.2. The number of benzene rings is 1. The lowest BCUT2D eigenvalue weighted by Crippen LogP contribution is -2.38. The Bertz CT molecular complexity index is 1160. The molecule has 0 saturated heterocycles. The van der Waals surface area contributed by atoms with Gasteiger partial charge in [-0.25, -0.2) is 9.37 Å². The fraction of sp³-hybridized carbons (Fsp3) is 0.360. The number of methoxy groups -OCH3 is 1. The molecule has 2 amide bonds. The highest BCUT2D eigenvalue weighted by Gasteiger charge is 2.31. The Hall–Kier alpha value is -3.50. The molecule has 0 saturated carbocycles. The van der Waals surface area contributed by atoms with Crippen LogP contribution in [0, 0.1) is 12.7 Å². The monoisotopic (exact) mass is 519 g/mol. The highest BCUT2D eigenvalue weighted by atomic mass is 35.5. The van der Waals surface area contributed by atoms with Crippen LogP contribution in [0.15, 0.2) is 36.1 Å². The molecule has 1 aliphatic rings. The number of allylic oxidation sites excluding steroid dienone is 1. The van der Waals surface area contributed by atoms with Crippen LogP contribution in [0.25, 0.3) is 0 Å². The van der Waals surface area contributed by atoms with Crippen LogP contribution < -0.4 is 14.6 Å². The number of nitrogens with zero attached hydrogens (tertiary/aromatic N) is 5. The third kappa shape index (κ3) is 6.00. The lowest BCUT2D eigenvalue weighted by molar-refractivity contribution is -0.114. The number of ether oxygens (including phenoxy) is 1. The van der Waals surface area contributed by atoms with Crippen molar-refractivity contribution in [1.29, 1.82) is 0 Å². The molecule has 1 aliphatic heterocycles. The van der Waals surface area contributed by atoms with Crippen LogP contribution in [0.5, 0.6) is 5.88 Å². The van der Waals surface area contributed by atoms with E-state index in [4.69, 9.17) is 16.3 Å². The molecule has 0 fully saturated rings. The second kappa shape index (κ2) is 13.0. The number of aromatic nitrogens is 1. The standard InChI is InChI=1S/C22H25ClFN5O4.C3H6/c1-5-28(12-31)18(11-30)26-27(3)17-8-14-6-7-29(22(32)15(14)9-16(17)24)20-13(2)10-25-21(33-4)19(20)23;1-3-2/h8-10,12,30H,5-7,11H2,1-4H3;3H,1H2,2H3/b26-18-;. The van der Waals surface area contributed by atoms with Crippen molar-refractivity contribution in [3.63, 3.8) is 0 Å². The number of hydrogen-bond donors (Lipinski definition) is 1. The average molecular weight is 520 g/mol. The molecule has 3 rings (SSSR count). The van der Waals surface area contributed by atoms with E-state index in [1.165, 1.54) is 35.0 Å². The summed E-state index contributed by atoms with van der Waals surface area (Å²) >= 11 is 6.42. The number of aliphatic hydroxyl groups excluding tert-OH is 1. The molecule has 0 bridgehead atoms. The minimum atomic E-state index is -0.670. The molecule has 0 radical (unpaired) electrons. The highest BCUT2D eigenvalue weighted by Crippen LogP contribution is 2.38. The number of aryl methyl sites for hydroxylation is 1. The number of likely N-dealkylation sites (N-methyl/N-ethyl adjacent to an activating group) is 1. The Morgan fingerprint density at radius 1 is 1.44 bits per heavy atom. The molecule has 36 heavy (non-hydrogen) atoms. The summed E-state index contributed by atoms with van der Waals surface area (Å²) in [7, 11) is 2.94. The van der Waals surface area contributed by atoms with Crippen molar-refractivity contribution in [3.8, 4) is 5.88 Å². The van der Waals surface area contributed by atoms with Crippen LogP contribution in [-0.4, -0.2) is 67.0 Å². The van der Waals surface area contributed by atoms with Crippen molar-refractivity contribution in [2.45, 2.75) is 27.2 Å². The van der Waals surface area contributed by atoms with Gasteiger partial charge in [-0.15, -0.1) is 6.58 Å². The van der Waals surface area contributed by atoms with Crippen LogP contribution in [0.3, 0.4) is 0 Å². The third-order valence-corrected chi connectivity index (χ3v) is 5.76. The van der Waals surface area contributed by atoms with Crippen molar-refractivity contribution < 1.29 is 23.8 Å². The van der Waals surface area contributed by atoms with Crippen LogP contribution in [0.2, 0.25) is 5.02 Å². The van der Waals surface area contributed by atoms with Gasteiger partial charge in [0.25, 0.3) is 5.91 Å². The second-order valence-corrected chi connectivity index (χ2v) is 8.16. The fourth-order valence-corrected chi connectivity index (χ4v) is 4.07. The number of carbonyl (C=O) groups excluding carboxylic acids is 2. The van der Waals surface area contributed by atoms with Gasteiger partial charge in [0, 0.05) is 31.9 Å². The summed E-state index contributed by atoms with van der Waals surface area (Å²) in [6, 6.07) is 2.72. The van der Waals surface area contributed by atoms with E-state index in [9.17, 15) is 14.7 Å². The molecule has 0 atom stereocenters. The van der Waals surface area contributed by atoms with Gasteiger partial charge in [0.1, 0.15) is 17.4 Å². The van der Waals surface area contributed by atoms with E-state index in [0.717, 1.165) is 0 Å². The van der Waals surface area contributed by atoms with Gasteiger partial charge in [0.05, 0.1) is 18.5 Å². The maximum absolute atomic E-state index is 15.0. The summed E-state index contributed by atoms with van der Waals surface area (Å²) in [4.78, 5) is 31.2. The number of halogens is 2. The molecule has 1 N–H and O–H groups in total. The number of amidine groups is 1. The Balaban J connectivity index is 0.00000145. The highest BCUT2D eigenvalue weighted by molar-refractivity contribution is 6.35. The molecule has 1 aromatic carbocycles. The predicted octanol–water partition coefficient (Wildman–Crippen LogP) is 3.81. The van der Waals surface area contributed by atoms with Crippen molar-refractivity contribution in [3.05, 3.63) is 58.5 Å². The summed E-state index contributed by atoms with van der Waals surface area (Å²) in [5.74, 6) is -0.781. The van der Waals surface area contributed by atoms with Crippen LogP contribution in [-0.2, 0) is 11.2 Å². The normalized spacial score (nSPS) is 12.8. The van der Waals surface area contributed by atoms with Crippen molar-refractivity contribution in [2.24, 2.45) is 5.10 Å². The number of hydrazone groups is 1. The predicted molar refractivity (Wildman–Crippen MR) is 140 cm³/mol. The number of rotatable bonds is 7. The lowest BCUT2D eigenvalue weighted by Gasteiger charge is -2.31. The smallest absolute Gasteiger partial charge is 0.258 e. The maximum Gasteiger partial charge on any atom is 0.258 e. The number of carbonyl (C=O) groups is 2. The topological polar surface area (TPSA) is 98.6 Å². The minimum absolute atomic E-state index is 0.0751. The summed E-state index contributed by atoms with van der Waals surface area (Å²) < 4.78 is 20.2. The van der Waals surface area contributed by atoms with Gasteiger partial charge in [-0.1, -0.05) is 17.7 Å². The molecular weight excluding hydrogens is 489 g/mol. The Kier molecular flexibility index (Phi) is 10.4. The molecule has 0 aliphatic carbocycles. The van der Waals surface area contributed by atoms with Crippen molar-refractivity contribution in [1.82, 2.24) is 9.88 Å². The van der Waals surface area contributed by atoms with E-state index >= 15 is 4.39 Å². The molecule has 2 aromatic rings. The Morgan fingerprint density at radius 2 is 2.11 bits per heavy atom. The van der Waals surface area contributed by atoms with Crippen LogP contribution in [0.1, 0.15) is 35.3 Å². The zero-order valence-corrected chi connectivity index (χ0v) is 21.8. The van der Waals surface area contributed by atoms with E-state index in [0.29, 0.717) is 42.7 Å². The van der Waals surface area contributed by atoms with Crippen molar-refractivity contribution in [2.75, 3.05) is 43.8 Å². The van der Waals surface area contributed by atoms with Crippen LogP contribution >= 0.6 is 11.6 Å². The molecule has 9 nitrogen and oxygen atoms in total. The van der Waals surface area contributed by atoms with E-state index in [2.05, 4.69) is 16.7 Å². The molecule has 194 valence electrons. The zero-order chi connectivity index (χ0) is 27.0. The quantitative estimate of drug-likeness (QED) is 0.196. The SMILES string of the molecule is C=CC.CCN(C=O)/C(CO)=N\N(C)c1cc2c(cc1F)C(=O)N(c1c(C)cnc(OC)c1Cl)CC2. The molecule has 0 unspecified atom stereocenters. The Morgan fingerprint density at radius 3 is 2.67 bits per heavy atom. The molecule has 2 heterocycles. The third-order valence-electron chi connectivity index (χ3n) is 5.42. The average Bonchev–Trinajstić information content (AvgIpc) is 2.86. The molecular formula is C25H31ClFN5O4. The van der Waals surface area contributed by atoms with E-state index in [-0.39, 0.29) is 33.9 Å². The molecule has 0 spiro atoms. The first kappa shape index (κ1) is 28.7. The zero-order valence-electron chi connectivity index (χ0n) is 21.1. The van der Waals surface area contributed by atoms with Gasteiger partial charge in [0.2, 0.25) is 12.3 Å². The van der Waals surface area contributed by atoms with Gasteiger partial charge in [-0.2, -0.15) is 5.10 Å². The first-order valence-electron chi connectivity index (χ1n) is 11.2. The molecule has 1 aromatic heterocycles. The summed E-state index contributed by atoms with van der Waals surface area (Å²) in [5.41, 5.74) is 2.15. The number of anilines is 2. The number of pyridine rings is 1. The summed E-state index contributed by atoms with van der Waals surface area (Å²) in [6.07, 6.45) is 4.31. The first-order chi connectivity index (χ1) is 17.2.